The monoisotopic (exact) mass is 183 g/mol. The van der Waals surface area contributed by atoms with Crippen LogP contribution in [0.1, 0.15) is 41.5 Å². The summed E-state index contributed by atoms with van der Waals surface area (Å²) in [7, 11) is 0. The van der Waals surface area contributed by atoms with E-state index in [2.05, 4.69) is 41.5 Å². The Morgan fingerprint density at radius 1 is 1.08 bits per heavy atom. The van der Waals surface area contributed by atoms with E-state index in [1.54, 1.807) is 0 Å². The molecule has 0 aromatic heterocycles. The first-order valence-corrected chi connectivity index (χ1v) is 5.53. The van der Waals surface area contributed by atoms with Crippen molar-refractivity contribution in [1.29, 1.82) is 0 Å². The summed E-state index contributed by atoms with van der Waals surface area (Å²) in [6, 6.07) is 0. The van der Waals surface area contributed by atoms with Crippen LogP contribution in [-0.4, -0.2) is 6.54 Å². The molecule has 0 aromatic carbocycles. The molecule has 2 N–H and O–H groups in total. The molecule has 1 fully saturated rings. The molecule has 0 heterocycles. The Hall–Kier alpha value is -0.0400. The number of nitrogens with two attached hydrogens (primary N) is 1. The second-order valence-corrected chi connectivity index (χ2v) is 5.75. The standard InChI is InChI=1S/C12H25N/c1-8(2)12(9(3)4)10(7-13)11(12,5)6/h8-10H,7,13H2,1-6H3. The first kappa shape index (κ1) is 11.0. The summed E-state index contributed by atoms with van der Waals surface area (Å²) in [6.45, 7) is 15.0. The van der Waals surface area contributed by atoms with Gasteiger partial charge in [0, 0.05) is 0 Å². The molecule has 0 saturated heterocycles. The van der Waals surface area contributed by atoms with Crippen molar-refractivity contribution in [3.8, 4) is 0 Å². The molecule has 1 atom stereocenters. The van der Waals surface area contributed by atoms with Gasteiger partial charge in [-0.05, 0) is 35.1 Å². The minimum absolute atomic E-state index is 0.448. The third-order valence-corrected chi connectivity index (χ3v) is 4.63. The average Bonchev–Trinajstić information content (AvgIpc) is 2.47. The zero-order chi connectivity index (χ0) is 10.4. The van der Waals surface area contributed by atoms with Gasteiger partial charge in [-0.25, -0.2) is 0 Å². The Labute approximate surface area is 83.1 Å². The molecule has 0 bridgehead atoms. The first-order valence-electron chi connectivity index (χ1n) is 5.53. The van der Waals surface area contributed by atoms with Crippen LogP contribution >= 0.6 is 0 Å². The van der Waals surface area contributed by atoms with Gasteiger partial charge in [0.2, 0.25) is 0 Å². The highest BCUT2D eigenvalue weighted by Crippen LogP contribution is 2.75. The Morgan fingerprint density at radius 3 is 1.54 bits per heavy atom. The van der Waals surface area contributed by atoms with Crippen LogP contribution in [0.25, 0.3) is 0 Å². The molecule has 1 heteroatoms. The second-order valence-electron chi connectivity index (χ2n) is 5.75. The molecule has 1 aliphatic rings. The summed E-state index contributed by atoms with van der Waals surface area (Å²) in [5.41, 5.74) is 6.80. The maximum Gasteiger partial charge on any atom is -0.00378 e. The van der Waals surface area contributed by atoms with E-state index in [9.17, 15) is 0 Å². The van der Waals surface area contributed by atoms with Gasteiger partial charge < -0.3 is 5.73 Å². The van der Waals surface area contributed by atoms with Crippen molar-refractivity contribution in [3.05, 3.63) is 0 Å². The molecular weight excluding hydrogens is 158 g/mol. The molecule has 1 nitrogen and oxygen atoms in total. The second kappa shape index (κ2) is 2.98. The zero-order valence-electron chi connectivity index (χ0n) is 10.0. The Morgan fingerprint density at radius 2 is 1.46 bits per heavy atom. The van der Waals surface area contributed by atoms with Gasteiger partial charge >= 0.3 is 0 Å². The molecule has 1 unspecified atom stereocenters. The lowest BCUT2D eigenvalue weighted by Gasteiger charge is -2.29. The molecule has 0 radical (unpaired) electrons. The first-order chi connectivity index (χ1) is 5.83. The molecule has 1 rings (SSSR count). The minimum Gasteiger partial charge on any atom is -0.330 e. The third kappa shape index (κ3) is 1.09. The summed E-state index contributed by atoms with van der Waals surface area (Å²) in [5, 5.41) is 0. The average molecular weight is 183 g/mol. The van der Waals surface area contributed by atoms with Crippen LogP contribution in [0.3, 0.4) is 0 Å². The highest BCUT2D eigenvalue weighted by atomic mass is 14.8. The van der Waals surface area contributed by atoms with Crippen LogP contribution < -0.4 is 5.73 Å². The molecule has 0 aromatic rings. The molecule has 1 saturated carbocycles. The van der Waals surface area contributed by atoms with Crippen LogP contribution in [0, 0.1) is 28.6 Å². The van der Waals surface area contributed by atoms with Crippen molar-refractivity contribution in [1.82, 2.24) is 0 Å². The Kier molecular flexibility index (Phi) is 2.53. The van der Waals surface area contributed by atoms with Crippen molar-refractivity contribution in [3.63, 3.8) is 0 Å². The molecule has 13 heavy (non-hydrogen) atoms. The summed E-state index contributed by atoms with van der Waals surface area (Å²) in [4.78, 5) is 0. The molecule has 0 spiro atoms. The smallest absolute Gasteiger partial charge is 0.00378 e. The molecule has 78 valence electrons. The lowest BCUT2D eigenvalue weighted by Crippen LogP contribution is -2.24. The van der Waals surface area contributed by atoms with Crippen molar-refractivity contribution in [2.24, 2.45) is 34.3 Å². The SMILES string of the molecule is CC(C)C1(C(C)C)C(CN)C1(C)C. The van der Waals surface area contributed by atoms with Gasteiger partial charge in [0.15, 0.2) is 0 Å². The topological polar surface area (TPSA) is 26.0 Å². The summed E-state index contributed by atoms with van der Waals surface area (Å²) >= 11 is 0. The van der Waals surface area contributed by atoms with Crippen LogP contribution in [0.4, 0.5) is 0 Å². The van der Waals surface area contributed by atoms with Crippen molar-refractivity contribution in [2.45, 2.75) is 41.5 Å². The van der Waals surface area contributed by atoms with Crippen molar-refractivity contribution >= 4 is 0 Å². The normalized spacial score (nSPS) is 29.8. The van der Waals surface area contributed by atoms with E-state index in [-0.39, 0.29) is 0 Å². The van der Waals surface area contributed by atoms with Gasteiger partial charge in [-0.2, -0.15) is 0 Å². The van der Waals surface area contributed by atoms with E-state index < -0.39 is 0 Å². The fraction of sp³-hybridized carbons (Fsp3) is 1.00. The minimum atomic E-state index is 0.448. The van der Waals surface area contributed by atoms with Crippen LogP contribution in [0.2, 0.25) is 0 Å². The summed E-state index contributed by atoms with van der Waals surface area (Å²) in [6.07, 6.45) is 0. The fourth-order valence-corrected chi connectivity index (χ4v) is 4.39. The van der Waals surface area contributed by atoms with Gasteiger partial charge in [-0.3, -0.25) is 0 Å². The van der Waals surface area contributed by atoms with E-state index in [0.29, 0.717) is 10.8 Å². The van der Waals surface area contributed by atoms with Crippen molar-refractivity contribution in [2.75, 3.05) is 6.54 Å². The van der Waals surface area contributed by atoms with E-state index in [4.69, 9.17) is 5.73 Å². The van der Waals surface area contributed by atoms with Gasteiger partial charge in [0.25, 0.3) is 0 Å². The van der Waals surface area contributed by atoms with Gasteiger partial charge in [0.1, 0.15) is 0 Å². The summed E-state index contributed by atoms with van der Waals surface area (Å²) < 4.78 is 0. The largest absolute Gasteiger partial charge is 0.330 e. The van der Waals surface area contributed by atoms with E-state index in [1.807, 2.05) is 0 Å². The van der Waals surface area contributed by atoms with Gasteiger partial charge in [-0.15, -0.1) is 0 Å². The molecule has 0 aliphatic heterocycles. The predicted octanol–water partition coefficient (Wildman–Crippen LogP) is 2.90. The molecule has 1 aliphatic carbocycles. The maximum atomic E-state index is 5.86. The lowest BCUT2D eigenvalue weighted by molar-refractivity contribution is 0.189. The van der Waals surface area contributed by atoms with E-state index in [1.165, 1.54) is 0 Å². The highest BCUT2D eigenvalue weighted by Gasteiger charge is 2.71. The zero-order valence-corrected chi connectivity index (χ0v) is 10.0. The number of hydrogen-bond acceptors (Lipinski definition) is 1. The van der Waals surface area contributed by atoms with Crippen LogP contribution in [0.15, 0.2) is 0 Å². The van der Waals surface area contributed by atoms with E-state index >= 15 is 0 Å². The third-order valence-electron chi connectivity index (χ3n) is 4.63. The van der Waals surface area contributed by atoms with Crippen molar-refractivity contribution < 1.29 is 0 Å². The fourth-order valence-electron chi connectivity index (χ4n) is 4.39. The summed E-state index contributed by atoms with van der Waals surface area (Å²) in [5.74, 6) is 2.21. The predicted molar refractivity (Wildman–Crippen MR) is 58.4 cm³/mol. The van der Waals surface area contributed by atoms with Gasteiger partial charge in [-0.1, -0.05) is 41.5 Å². The Bertz CT molecular complexity index is 183. The van der Waals surface area contributed by atoms with Gasteiger partial charge in [0.05, 0.1) is 0 Å². The van der Waals surface area contributed by atoms with Crippen LogP contribution in [0.5, 0.6) is 0 Å². The lowest BCUT2D eigenvalue weighted by atomic mass is 9.75. The number of rotatable bonds is 3. The Balaban J connectivity index is 2.97. The highest BCUT2D eigenvalue weighted by molar-refractivity contribution is 5.19. The maximum absolute atomic E-state index is 5.86. The quantitative estimate of drug-likeness (QED) is 0.715. The van der Waals surface area contributed by atoms with E-state index in [0.717, 1.165) is 24.3 Å². The molecule has 0 amide bonds. The van der Waals surface area contributed by atoms with Crippen LogP contribution in [-0.2, 0) is 0 Å². The number of hydrogen-bond donors (Lipinski definition) is 1. The molecular formula is C12H25N.